The summed E-state index contributed by atoms with van der Waals surface area (Å²) in [4.78, 5) is 8.25. The Labute approximate surface area is 90.0 Å². The number of hydrazine groups is 1. The molecule has 0 aliphatic rings. The molecule has 0 aromatic carbocycles. The SMILES string of the molecule is CCC(C)(OC)C(NN)c1cnccn1. The second-order valence-corrected chi connectivity index (χ2v) is 3.60. The second kappa shape index (κ2) is 5.16. The van der Waals surface area contributed by atoms with Gasteiger partial charge in [-0.25, -0.2) is 5.43 Å². The third kappa shape index (κ3) is 2.50. The van der Waals surface area contributed by atoms with Crippen molar-refractivity contribution in [3.8, 4) is 0 Å². The Kier molecular flexibility index (Phi) is 4.14. The van der Waals surface area contributed by atoms with Gasteiger partial charge in [0.05, 0.1) is 23.5 Å². The summed E-state index contributed by atoms with van der Waals surface area (Å²) in [5.74, 6) is 5.54. The first-order valence-electron chi connectivity index (χ1n) is 4.95. The summed E-state index contributed by atoms with van der Waals surface area (Å²) in [6, 6.07) is -0.166. The van der Waals surface area contributed by atoms with Gasteiger partial charge >= 0.3 is 0 Å². The summed E-state index contributed by atoms with van der Waals surface area (Å²) in [5, 5.41) is 0. The molecule has 3 N–H and O–H groups in total. The van der Waals surface area contributed by atoms with E-state index in [1.807, 2.05) is 13.8 Å². The van der Waals surface area contributed by atoms with Crippen molar-refractivity contribution in [3.63, 3.8) is 0 Å². The van der Waals surface area contributed by atoms with E-state index in [1.165, 1.54) is 0 Å². The van der Waals surface area contributed by atoms with Crippen molar-refractivity contribution in [1.82, 2.24) is 15.4 Å². The lowest BCUT2D eigenvalue weighted by Gasteiger charge is -2.34. The van der Waals surface area contributed by atoms with E-state index < -0.39 is 0 Å². The predicted octanol–water partition coefficient (Wildman–Crippen LogP) is 0.796. The average molecular weight is 210 g/mol. The Balaban J connectivity index is 2.98. The number of aromatic nitrogens is 2. The summed E-state index contributed by atoms with van der Waals surface area (Å²) in [6.45, 7) is 4.04. The number of rotatable bonds is 5. The molecular formula is C10H18N4O. The molecular weight excluding hydrogens is 192 g/mol. The highest BCUT2D eigenvalue weighted by Gasteiger charge is 2.34. The minimum atomic E-state index is -0.384. The van der Waals surface area contributed by atoms with Crippen molar-refractivity contribution in [2.45, 2.75) is 31.9 Å². The lowest BCUT2D eigenvalue weighted by molar-refractivity contribution is -0.0312. The Morgan fingerprint density at radius 1 is 1.60 bits per heavy atom. The Hall–Kier alpha value is -1.04. The molecule has 0 aliphatic carbocycles. The molecule has 1 rings (SSSR count). The molecule has 2 unspecified atom stereocenters. The standard InChI is InChI=1S/C10H18N4O/c1-4-10(2,15-3)9(14-11)8-7-12-5-6-13-8/h5-7,9,14H,4,11H2,1-3H3. The van der Waals surface area contributed by atoms with Gasteiger partial charge in [-0.05, 0) is 13.3 Å². The molecule has 15 heavy (non-hydrogen) atoms. The van der Waals surface area contributed by atoms with Crippen LogP contribution in [0.1, 0.15) is 32.0 Å². The van der Waals surface area contributed by atoms with E-state index >= 15 is 0 Å². The number of hydrogen-bond acceptors (Lipinski definition) is 5. The lowest BCUT2D eigenvalue weighted by atomic mass is 9.91. The number of hydrogen-bond donors (Lipinski definition) is 2. The summed E-state index contributed by atoms with van der Waals surface area (Å²) in [7, 11) is 1.67. The molecule has 0 amide bonds. The zero-order valence-corrected chi connectivity index (χ0v) is 9.40. The molecule has 0 bridgehead atoms. The molecule has 2 atom stereocenters. The Morgan fingerprint density at radius 2 is 2.33 bits per heavy atom. The van der Waals surface area contributed by atoms with Crippen LogP contribution in [-0.4, -0.2) is 22.7 Å². The number of methoxy groups -OCH3 is 1. The molecule has 1 aromatic heterocycles. The summed E-state index contributed by atoms with van der Waals surface area (Å²) >= 11 is 0. The maximum Gasteiger partial charge on any atom is 0.0934 e. The van der Waals surface area contributed by atoms with Crippen LogP contribution in [0.3, 0.4) is 0 Å². The average Bonchev–Trinajstić information content (AvgIpc) is 2.31. The van der Waals surface area contributed by atoms with Crippen LogP contribution in [-0.2, 0) is 4.74 Å². The van der Waals surface area contributed by atoms with E-state index in [0.29, 0.717) is 0 Å². The van der Waals surface area contributed by atoms with E-state index in [4.69, 9.17) is 10.6 Å². The van der Waals surface area contributed by atoms with Gasteiger partial charge < -0.3 is 4.74 Å². The van der Waals surface area contributed by atoms with Crippen LogP contribution in [0.5, 0.6) is 0 Å². The predicted molar refractivity (Wildman–Crippen MR) is 57.8 cm³/mol. The molecule has 84 valence electrons. The van der Waals surface area contributed by atoms with Crippen molar-refractivity contribution in [2.75, 3.05) is 7.11 Å². The minimum absolute atomic E-state index is 0.166. The molecule has 1 heterocycles. The fourth-order valence-corrected chi connectivity index (χ4v) is 1.50. The molecule has 0 aliphatic heterocycles. The third-order valence-electron chi connectivity index (χ3n) is 2.82. The van der Waals surface area contributed by atoms with Crippen LogP contribution in [0.25, 0.3) is 0 Å². The van der Waals surface area contributed by atoms with E-state index in [2.05, 4.69) is 15.4 Å². The lowest BCUT2D eigenvalue weighted by Crippen LogP contribution is -2.46. The molecule has 0 saturated carbocycles. The third-order valence-corrected chi connectivity index (χ3v) is 2.82. The first-order chi connectivity index (χ1) is 7.18. The van der Waals surface area contributed by atoms with Crippen LogP contribution in [0.15, 0.2) is 18.6 Å². The highest BCUT2D eigenvalue weighted by Crippen LogP contribution is 2.29. The van der Waals surface area contributed by atoms with Crippen LogP contribution < -0.4 is 11.3 Å². The summed E-state index contributed by atoms with van der Waals surface area (Å²) in [6.07, 6.45) is 5.80. The van der Waals surface area contributed by atoms with Gasteiger partial charge in [0, 0.05) is 19.5 Å². The van der Waals surface area contributed by atoms with E-state index in [-0.39, 0.29) is 11.6 Å². The van der Waals surface area contributed by atoms with E-state index in [1.54, 1.807) is 25.7 Å². The first-order valence-corrected chi connectivity index (χ1v) is 4.95. The van der Waals surface area contributed by atoms with Crippen molar-refractivity contribution in [2.24, 2.45) is 5.84 Å². The Morgan fingerprint density at radius 3 is 2.73 bits per heavy atom. The highest BCUT2D eigenvalue weighted by molar-refractivity contribution is 5.08. The van der Waals surface area contributed by atoms with Crippen molar-refractivity contribution < 1.29 is 4.74 Å². The number of nitrogens with two attached hydrogens (primary N) is 1. The molecule has 1 aromatic rings. The summed E-state index contributed by atoms with van der Waals surface area (Å²) in [5.41, 5.74) is 3.13. The molecule has 5 nitrogen and oxygen atoms in total. The van der Waals surface area contributed by atoms with E-state index in [9.17, 15) is 0 Å². The normalized spacial score (nSPS) is 17.1. The zero-order valence-electron chi connectivity index (χ0n) is 9.40. The number of nitrogens with zero attached hydrogens (tertiary/aromatic N) is 2. The maximum atomic E-state index is 5.54. The van der Waals surface area contributed by atoms with Crippen LogP contribution >= 0.6 is 0 Å². The molecule has 0 fully saturated rings. The van der Waals surface area contributed by atoms with Gasteiger partial charge in [-0.3, -0.25) is 15.8 Å². The van der Waals surface area contributed by atoms with Crippen LogP contribution in [0.4, 0.5) is 0 Å². The van der Waals surface area contributed by atoms with Gasteiger partial charge in [-0.2, -0.15) is 0 Å². The molecule has 0 radical (unpaired) electrons. The first kappa shape index (κ1) is 12.0. The quantitative estimate of drug-likeness (QED) is 0.555. The topological polar surface area (TPSA) is 73.1 Å². The highest BCUT2D eigenvalue weighted by atomic mass is 16.5. The molecule has 5 heteroatoms. The largest absolute Gasteiger partial charge is 0.376 e. The fraction of sp³-hybridized carbons (Fsp3) is 0.600. The number of nitrogens with one attached hydrogen (secondary N) is 1. The monoisotopic (exact) mass is 210 g/mol. The summed E-state index contributed by atoms with van der Waals surface area (Å²) < 4.78 is 5.48. The van der Waals surface area contributed by atoms with Crippen molar-refractivity contribution in [1.29, 1.82) is 0 Å². The van der Waals surface area contributed by atoms with Gasteiger partial charge in [0.2, 0.25) is 0 Å². The Bertz CT molecular complexity index is 287. The molecule has 0 saturated heterocycles. The van der Waals surface area contributed by atoms with Gasteiger partial charge in [0.1, 0.15) is 0 Å². The van der Waals surface area contributed by atoms with Gasteiger partial charge in [0.25, 0.3) is 0 Å². The smallest absolute Gasteiger partial charge is 0.0934 e. The van der Waals surface area contributed by atoms with Gasteiger partial charge in [-0.1, -0.05) is 6.92 Å². The maximum absolute atomic E-state index is 5.54. The zero-order chi connectivity index (χ0) is 11.3. The molecule has 0 spiro atoms. The number of ether oxygens (including phenoxy) is 1. The van der Waals surface area contributed by atoms with Crippen molar-refractivity contribution >= 4 is 0 Å². The van der Waals surface area contributed by atoms with Gasteiger partial charge in [0.15, 0.2) is 0 Å². The van der Waals surface area contributed by atoms with Crippen LogP contribution in [0.2, 0.25) is 0 Å². The van der Waals surface area contributed by atoms with E-state index in [0.717, 1.165) is 12.1 Å². The van der Waals surface area contributed by atoms with Gasteiger partial charge in [-0.15, -0.1) is 0 Å². The van der Waals surface area contributed by atoms with Crippen molar-refractivity contribution in [3.05, 3.63) is 24.3 Å². The fourth-order valence-electron chi connectivity index (χ4n) is 1.50. The van der Waals surface area contributed by atoms with Crippen LogP contribution in [0, 0.1) is 0 Å². The second-order valence-electron chi connectivity index (χ2n) is 3.60. The minimum Gasteiger partial charge on any atom is -0.376 e.